The molecule has 0 aliphatic carbocycles. The zero-order chi connectivity index (χ0) is 23.9. The Labute approximate surface area is 199 Å². The van der Waals surface area contributed by atoms with E-state index >= 15 is 0 Å². The van der Waals surface area contributed by atoms with Crippen LogP contribution in [0.25, 0.3) is 0 Å². The number of rotatable bonds is 6. The van der Waals surface area contributed by atoms with Crippen molar-refractivity contribution in [3.05, 3.63) is 52.1 Å². The molecule has 1 saturated heterocycles. The number of thioether (sulfide) groups is 1. The van der Waals surface area contributed by atoms with Crippen LogP contribution in [-0.2, 0) is 17.6 Å². The van der Waals surface area contributed by atoms with Gasteiger partial charge in [0.25, 0.3) is 5.24 Å². The molecule has 33 heavy (non-hydrogen) atoms. The van der Waals surface area contributed by atoms with Gasteiger partial charge >= 0.3 is 0 Å². The van der Waals surface area contributed by atoms with Gasteiger partial charge in [-0.2, -0.15) is 0 Å². The van der Waals surface area contributed by atoms with Gasteiger partial charge in [0.05, 0.1) is 5.25 Å². The smallest absolute Gasteiger partial charge is 0.289 e. The summed E-state index contributed by atoms with van der Waals surface area (Å²) in [5, 5.41) is 9.86. The summed E-state index contributed by atoms with van der Waals surface area (Å²) in [7, 11) is 0. The lowest BCUT2D eigenvalue weighted by molar-refractivity contribution is -0.126. The minimum atomic E-state index is -0.469. The predicted molar refractivity (Wildman–Crippen MR) is 129 cm³/mol. The molecule has 2 amide bonds. The molecule has 2 aromatic rings. The third kappa shape index (κ3) is 4.43. The molecule has 0 aromatic heterocycles. The third-order valence-corrected chi connectivity index (χ3v) is 7.88. The van der Waals surface area contributed by atoms with Crippen molar-refractivity contribution in [2.75, 3.05) is 13.2 Å². The first kappa shape index (κ1) is 23.5. The van der Waals surface area contributed by atoms with Crippen molar-refractivity contribution in [2.45, 2.75) is 64.7 Å². The van der Waals surface area contributed by atoms with Crippen LogP contribution in [0, 0.1) is 20.8 Å². The predicted octanol–water partition coefficient (Wildman–Crippen LogP) is 5.11. The highest BCUT2D eigenvalue weighted by Gasteiger charge is 2.38. The van der Waals surface area contributed by atoms with Gasteiger partial charge in [-0.15, -0.1) is 0 Å². The van der Waals surface area contributed by atoms with Crippen molar-refractivity contribution in [2.24, 2.45) is 0 Å². The monoisotopic (exact) mass is 469 g/mol. The van der Waals surface area contributed by atoms with Crippen LogP contribution in [0.1, 0.15) is 48.1 Å². The number of phenols is 1. The van der Waals surface area contributed by atoms with E-state index in [9.17, 15) is 14.7 Å². The average Bonchev–Trinajstić information content (AvgIpc) is 3.07. The summed E-state index contributed by atoms with van der Waals surface area (Å²) in [5.41, 5.74) is 4.33. The molecule has 0 radical (unpaired) electrons. The van der Waals surface area contributed by atoms with Gasteiger partial charge in [-0.25, -0.2) is 0 Å². The Kier molecular flexibility index (Phi) is 6.36. The van der Waals surface area contributed by atoms with Gasteiger partial charge in [0.15, 0.2) is 0 Å². The van der Waals surface area contributed by atoms with Crippen molar-refractivity contribution >= 4 is 22.9 Å². The second-order valence-electron chi connectivity index (χ2n) is 9.17. The van der Waals surface area contributed by atoms with Crippen LogP contribution < -0.4 is 9.47 Å². The van der Waals surface area contributed by atoms with Gasteiger partial charge in [0.2, 0.25) is 5.91 Å². The summed E-state index contributed by atoms with van der Waals surface area (Å²) in [6, 6.07) is 7.69. The SMILES string of the molecule is CCN1C(=O)SC(Cc2ccc(OCC3(C)CCc4c(C)c(O)c(C)c(C)c4O3)cc2)C1=O. The Balaban J connectivity index is 1.39. The Morgan fingerprint density at radius 2 is 1.85 bits per heavy atom. The minimum absolute atomic E-state index is 0.107. The first-order valence-corrected chi connectivity index (χ1v) is 12.3. The van der Waals surface area contributed by atoms with E-state index in [-0.39, 0.29) is 16.4 Å². The van der Waals surface area contributed by atoms with Crippen LogP contribution >= 0.6 is 11.8 Å². The van der Waals surface area contributed by atoms with Crippen LogP contribution in [0.4, 0.5) is 4.79 Å². The number of carbonyl (C=O) groups is 2. The van der Waals surface area contributed by atoms with E-state index in [1.54, 1.807) is 0 Å². The van der Waals surface area contributed by atoms with Crippen LogP contribution in [-0.4, -0.2) is 45.2 Å². The van der Waals surface area contributed by atoms with Gasteiger partial charge in [-0.1, -0.05) is 23.9 Å². The standard InChI is InChI=1S/C26H31NO5S/c1-6-27-24(29)21(33-25(27)30)13-18-7-9-19(10-8-18)31-14-26(5)12-11-20-17(4)22(28)15(2)16(3)23(20)32-26/h7-10,21,28H,6,11-14H2,1-5H3. The fraction of sp³-hybridized carbons (Fsp3) is 0.462. The number of hydrogen-bond donors (Lipinski definition) is 1. The van der Waals surface area contributed by atoms with Gasteiger partial charge in [-0.05, 0) is 88.3 Å². The molecule has 2 aromatic carbocycles. The maximum absolute atomic E-state index is 12.3. The van der Waals surface area contributed by atoms with Gasteiger partial charge in [-0.3, -0.25) is 14.5 Å². The van der Waals surface area contributed by atoms with Gasteiger partial charge in [0.1, 0.15) is 29.5 Å². The van der Waals surface area contributed by atoms with Crippen molar-refractivity contribution in [1.82, 2.24) is 4.90 Å². The first-order chi connectivity index (χ1) is 15.6. The molecule has 7 heteroatoms. The van der Waals surface area contributed by atoms with Crippen LogP contribution in [0.3, 0.4) is 0 Å². The lowest BCUT2D eigenvalue weighted by Gasteiger charge is -2.37. The van der Waals surface area contributed by atoms with Gasteiger partial charge < -0.3 is 14.6 Å². The molecule has 2 atom stereocenters. The maximum Gasteiger partial charge on any atom is 0.289 e. The maximum atomic E-state index is 12.3. The highest BCUT2D eigenvalue weighted by atomic mass is 32.2. The molecule has 0 saturated carbocycles. The second-order valence-corrected chi connectivity index (χ2v) is 10.3. The van der Waals surface area contributed by atoms with E-state index in [2.05, 4.69) is 6.92 Å². The largest absolute Gasteiger partial charge is 0.507 e. The Hall–Kier alpha value is -2.67. The molecule has 1 N–H and O–H groups in total. The summed E-state index contributed by atoms with van der Waals surface area (Å²) in [5.74, 6) is 1.86. The molecular formula is C26H31NO5S. The zero-order valence-electron chi connectivity index (χ0n) is 19.9. The lowest BCUT2D eigenvalue weighted by Crippen LogP contribution is -2.42. The molecular weight excluding hydrogens is 438 g/mol. The first-order valence-electron chi connectivity index (χ1n) is 11.4. The summed E-state index contributed by atoms with van der Waals surface area (Å²) in [6.07, 6.45) is 2.15. The van der Waals surface area contributed by atoms with Crippen molar-refractivity contribution in [3.8, 4) is 17.2 Å². The van der Waals surface area contributed by atoms with Crippen LogP contribution in [0.5, 0.6) is 17.2 Å². The molecule has 2 unspecified atom stereocenters. The average molecular weight is 470 g/mol. The zero-order valence-corrected chi connectivity index (χ0v) is 20.7. The number of hydrogen-bond acceptors (Lipinski definition) is 6. The van der Waals surface area contributed by atoms with Crippen LogP contribution in [0.2, 0.25) is 0 Å². The van der Waals surface area contributed by atoms with Crippen molar-refractivity contribution in [3.63, 3.8) is 0 Å². The van der Waals surface area contributed by atoms with E-state index in [0.29, 0.717) is 25.3 Å². The molecule has 0 spiro atoms. The number of nitrogens with zero attached hydrogens (tertiary/aromatic N) is 1. The van der Waals surface area contributed by atoms with E-state index in [4.69, 9.17) is 9.47 Å². The Morgan fingerprint density at radius 1 is 1.15 bits per heavy atom. The second kappa shape index (κ2) is 8.93. The molecule has 4 rings (SSSR count). The minimum Gasteiger partial charge on any atom is -0.507 e. The normalized spacial score (nSPS) is 22.3. The molecule has 0 bridgehead atoms. The number of benzene rings is 2. The van der Waals surface area contributed by atoms with E-state index in [1.807, 2.05) is 52.0 Å². The molecule has 2 heterocycles. The van der Waals surface area contributed by atoms with Gasteiger partial charge in [0, 0.05) is 12.1 Å². The van der Waals surface area contributed by atoms with E-state index < -0.39 is 5.60 Å². The van der Waals surface area contributed by atoms with Crippen LogP contribution in [0.15, 0.2) is 24.3 Å². The summed E-state index contributed by atoms with van der Waals surface area (Å²) >= 11 is 1.11. The van der Waals surface area contributed by atoms with Crippen molar-refractivity contribution < 1.29 is 24.2 Å². The topological polar surface area (TPSA) is 76.1 Å². The lowest BCUT2D eigenvalue weighted by atomic mass is 9.87. The molecule has 176 valence electrons. The van der Waals surface area contributed by atoms with Crippen molar-refractivity contribution in [1.29, 1.82) is 0 Å². The molecule has 2 aliphatic heterocycles. The number of fused-ring (bicyclic) bond motifs is 1. The third-order valence-electron chi connectivity index (χ3n) is 6.80. The summed E-state index contributed by atoms with van der Waals surface area (Å²) < 4.78 is 12.5. The summed E-state index contributed by atoms with van der Waals surface area (Å²) in [6.45, 7) is 10.5. The molecule has 2 aliphatic rings. The highest BCUT2D eigenvalue weighted by Crippen LogP contribution is 2.43. The number of imide groups is 1. The highest BCUT2D eigenvalue weighted by molar-refractivity contribution is 8.15. The quantitative estimate of drug-likeness (QED) is 0.634. The number of amides is 2. The summed E-state index contributed by atoms with van der Waals surface area (Å²) in [4.78, 5) is 25.6. The number of aromatic hydroxyl groups is 1. The fourth-order valence-electron chi connectivity index (χ4n) is 4.48. The van der Waals surface area contributed by atoms with E-state index in [1.165, 1.54) is 4.90 Å². The number of ether oxygens (including phenoxy) is 2. The Morgan fingerprint density at radius 3 is 2.48 bits per heavy atom. The van der Waals surface area contributed by atoms with E-state index in [0.717, 1.165) is 63.9 Å². The molecule has 1 fully saturated rings. The molecule has 6 nitrogen and oxygen atoms in total. The fourth-order valence-corrected chi connectivity index (χ4v) is 5.58. The number of phenolic OH excluding ortho intramolecular Hbond substituents is 1. The number of carbonyl (C=O) groups excluding carboxylic acids is 2. The Bertz CT molecular complexity index is 1100.